The SMILES string of the molecule is CC1(C)CN(C(=O)C2CCOCC2)Cc2c(-c3cc4cccnc4[nH]3)c3c(N)ncnc3n21. The van der Waals surface area contributed by atoms with E-state index in [1.54, 1.807) is 6.20 Å². The van der Waals surface area contributed by atoms with Gasteiger partial charge >= 0.3 is 0 Å². The number of nitrogens with one attached hydrogen (secondary N) is 1. The van der Waals surface area contributed by atoms with E-state index >= 15 is 0 Å². The molecule has 2 aliphatic rings. The second-order valence-corrected chi connectivity index (χ2v) is 9.63. The number of amides is 1. The van der Waals surface area contributed by atoms with Crippen molar-refractivity contribution in [1.82, 2.24) is 29.4 Å². The fourth-order valence-corrected chi connectivity index (χ4v) is 5.50. The number of carbonyl (C=O) groups excluding carboxylic acids is 1. The van der Waals surface area contributed by atoms with Gasteiger partial charge in [0.25, 0.3) is 0 Å². The molecule has 0 bridgehead atoms. The van der Waals surface area contributed by atoms with Crippen LogP contribution in [0.4, 0.5) is 5.82 Å². The van der Waals surface area contributed by atoms with Gasteiger partial charge in [0.2, 0.25) is 5.91 Å². The number of anilines is 1. The summed E-state index contributed by atoms with van der Waals surface area (Å²) in [5.74, 6) is 0.642. The smallest absolute Gasteiger partial charge is 0.226 e. The second kappa shape index (κ2) is 7.28. The number of carbonyl (C=O) groups is 1. The number of ether oxygens (including phenoxy) is 1. The van der Waals surface area contributed by atoms with Crippen molar-refractivity contribution in [2.45, 2.75) is 38.8 Å². The average molecular weight is 446 g/mol. The van der Waals surface area contributed by atoms with Gasteiger partial charge in [0.05, 0.1) is 23.2 Å². The molecule has 0 saturated carbocycles. The third-order valence-corrected chi connectivity index (χ3v) is 6.94. The normalized spacial score (nSPS) is 18.7. The molecule has 0 unspecified atom stereocenters. The van der Waals surface area contributed by atoms with Crippen LogP contribution in [0.3, 0.4) is 0 Å². The van der Waals surface area contributed by atoms with E-state index < -0.39 is 0 Å². The average Bonchev–Trinajstić information content (AvgIpc) is 3.38. The van der Waals surface area contributed by atoms with Crippen molar-refractivity contribution in [2.24, 2.45) is 5.92 Å². The number of hydrogen-bond donors (Lipinski definition) is 2. The van der Waals surface area contributed by atoms with Crippen molar-refractivity contribution in [3.63, 3.8) is 0 Å². The summed E-state index contributed by atoms with van der Waals surface area (Å²) in [6.45, 7) is 6.69. The number of rotatable bonds is 2. The maximum Gasteiger partial charge on any atom is 0.226 e. The highest BCUT2D eigenvalue weighted by Crippen LogP contribution is 2.43. The van der Waals surface area contributed by atoms with Crippen LogP contribution >= 0.6 is 0 Å². The molecule has 2 aliphatic heterocycles. The number of pyridine rings is 1. The van der Waals surface area contributed by atoms with E-state index in [0.717, 1.165) is 51.9 Å². The number of hydrogen-bond acceptors (Lipinski definition) is 6. The molecule has 1 saturated heterocycles. The van der Waals surface area contributed by atoms with Crippen LogP contribution in [0.1, 0.15) is 32.4 Å². The molecule has 6 rings (SSSR count). The summed E-state index contributed by atoms with van der Waals surface area (Å²) in [7, 11) is 0. The molecule has 0 radical (unpaired) electrons. The first kappa shape index (κ1) is 20.2. The van der Waals surface area contributed by atoms with Crippen LogP contribution in [-0.4, -0.2) is 55.1 Å². The Balaban J connectivity index is 1.55. The number of H-pyrrole nitrogens is 1. The Morgan fingerprint density at radius 2 is 2.06 bits per heavy atom. The first-order chi connectivity index (χ1) is 15.9. The van der Waals surface area contributed by atoms with Gasteiger partial charge in [0.1, 0.15) is 23.4 Å². The van der Waals surface area contributed by atoms with E-state index in [2.05, 4.69) is 44.4 Å². The third kappa shape index (κ3) is 3.10. The molecule has 4 aromatic heterocycles. The van der Waals surface area contributed by atoms with E-state index in [4.69, 9.17) is 10.5 Å². The van der Waals surface area contributed by atoms with Gasteiger partial charge in [-0.3, -0.25) is 4.79 Å². The molecule has 0 aliphatic carbocycles. The molecular formula is C24H27N7O2. The van der Waals surface area contributed by atoms with Crippen molar-refractivity contribution in [3.05, 3.63) is 36.4 Å². The molecule has 33 heavy (non-hydrogen) atoms. The number of fused-ring (bicyclic) bond motifs is 4. The summed E-state index contributed by atoms with van der Waals surface area (Å²) >= 11 is 0. The van der Waals surface area contributed by atoms with Crippen molar-refractivity contribution >= 4 is 33.8 Å². The van der Waals surface area contributed by atoms with Crippen LogP contribution in [-0.2, 0) is 21.6 Å². The maximum atomic E-state index is 13.5. The topological polar surface area (TPSA) is 115 Å². The summed E-state index contributed by atoms with van der Waals surface area (Å²) in [4.78, 5) is 32.3. The number of aromatic amines is 1. The number of nitrogen functional groups attached to an aromatic ring is 1. The van der Waals surface area contributed by atoms with Gasteiger partial charge in [-0.1, -0.05) is 0 Å². The van der Waals surface area contributed by atoms with Crippen molar-refractivity contribution < 1.29 is 9.53 Å². The summed E-state index contributed by atoms with van der Waals surface area (Å²) in [5, 5.41) is 1.83. The van der Waals surface area contributed by atoms with Gasteiger partial charge in [-0.2, -0.15) is 0 Å². The van der Waals surface area contributed by atoms with Crippen LogP contribution in [0.25, 0.3) is 33.3 Å². The Hall–Kier alpha value is -3.46. The lowest BCUT2D eigenvalue weighted by Crippen LogP contribution is -2.51. The highest BCUT2D eigenvalue weighted by molar-refractivity contribution is 6.03. The lowest BCUT2D eigenvalue weighted by atomic mass is 9.94. The van der Waals surface area contributed by atoms with Crippen molar-refractivity contribution in [1.29, 1.82) is 0 Å². The molecule has 1 fully saturated rings. The Morgan fingerprint density at radius 3 is 2.85 bits per heavy atom. The van der Waals surface area contributed by atoms with Crippen molar-refractivity contribution in [3.8, 4) is 11.3 Å². The summed E-state index contributed by atoms with van der Waals surface area (Å²) < 4.78 is 7.72. The molecule has 1 amide bonds. The number of nitrogens with two attached hydrogens (primary N) is 1. The molecular weight excluding hydrogens is 418 g/mol. The van der Waals surface area contributed by atoms with E-state index in [-0.39, 0.29) is 17.4 Å². The first-order valence-electron chi connectivity index (χ1n) is 11.4. The second-order valence-electron chi connectivity index (χ2n) is 9.63. The Bertz CT molecular complexity index is 1350. The first-order valence-corrected chi connectivity index (χ1v) is 11.4. The Morgan fingerprint density at radius 1 is 1.24 bits per heavy atom. The largest absolute Gasteiger partial charge is 0.383 e. The van der Waals surface area contributed by atoms with Crippen LogP contribution in [0.15, 0.2) is 30.7 Å². The maximum absolute atomic E-state index is 13.5. The minimum Gasteiger partial charge on any atom is -0.383 e. The van der Waals surface area contributed by atoms with Gasteiger partial charge in [0, 0.05) is 48.5 Å². The zero-order valence-corrected chi connectivity index (χ0v) is 18.8. The summed E-state index contributed by atoms with van der Waals surface area (Å²) in [6.07, 6.45) is 4.83. The summed E-state index contributed by atoms with van der Waals surface area (Å²) in [5.41, 5.74) is 10.5. The molecule has 0 atom stereocenters. The Labute approximate surface area is 191 Å². The minimum atomic E-state index is -0.365. The third-order valence-electron chi connectivity index (χ3n) is 6.94. The van der Waals surface area contributed by atoms with Gasteiger partial charge in [-0.25, -0.2) is 15.0 Å². The zero-order chi connectivity index (χ0) is 22.7. The number of aromatic nitrogens is 5. The van der Waals surface area contributed by atoms with E-state index in [1.807, 2.05) is 17.0 Å². The Kier molecular flexibility index (Phi) is 4.45. The molecule has 170 valence electrons. The molecule has 0 aromatic carbocycles. The van der Waals surface area contributed by atoms with Gasteiger partial charge in [-0.05, 0) is 44.9 Å². The van der Waals surface area contributed by atoms with E-state index in [1.165, 1.54) is 6.33 Å². The predicted molar refractivity (Wildman–Crippen MR) is 125 cm³/mol. The van der Waals surface area contributed by atoms with Crippen LogP contribution < -0.4 is 5.73 Å². The van der Waals surface area contributed by atoms with Gasteiger partial charge in [-0.15, -0.1) is 0 Å². The summed E-state index contributed by atoms with van der Waals surface area (Å²) in [6, 6.07) is 6.02. The molecule has 6 heterocycles. The predicted octanol–water partition coefficient (Wildman–Crippen LogP) is 3.06. The van der Waals surface area contributed by atoms with Gasteiger partial charge in [0.15, 0.2) is 0 Å². The molecule has 4 aromatic rings. The van der Waals surface area contributed by atoms with Crippen molar-refractivity contribution in [2.75, 3.05) is 25.5 Å². The van der Waals surface area contributed by atoms with E-state index in [0.29, 0.717) is 32.1 Å². The highest BCUT2D eigenvalue weighted by atomic mass is 16.5. The number of nitrogens with zero attached hydrogens (tertiary/aromatic N) is 5. The fourth-order valence-electron chi connectivity index (χ4n) is 5.50. The molecule has 3 N–H and O–H groups in total. The monoisotopic (exact) mass is 445 g/mol. The molecule has 9 nitrogen and oxygen atoms in total. The lowest BCUT2D eigenvalue weighted by Gasteiger charge is -2.42. The lowest BCUT2D eigenvalue weighted by molar-refractivity contribution is -0.141. The minimum absolute atomic E-state index is 0.0102. The quantitative estimate of drug-likeness (QED) is 0.490. The van der Waals surface area contributed by atoms with Crippen LogP contribution in [0.2, 0.25) is 0 Å². The highest BCUT2D eigenvalue weighted by Gasteiger charge is 2.40. The zero-order valence-electron chi connectivity index (χ0n) is 18.8. The van der Waals surface area contributed by atoms with Crippen LogP contribution in [0, 0.1) is 5.92 Å². The molecule has 9 heteroatoms. The van der Waals surface area contributed by atoms with Crippen LogP contribution in [0.5, 0.6) is 0 Å². The molecule has 0 spiro atoms. The van der Waals surface area contributed by atoms with E-state index in [9.17, 15) is 4.79 Å². The standard InChI is InChI=1S/C24H27N7O2/c1-24(2)12-30(23(32)14-5-8-33-9-6-14)11-17-18(16-10-15-4-3-7-26-21(15)29-16)19-20(25)27-13-28-22(19)31(17)24/h3-4,7,10,13-14H,5-6,8-9,11-12H2,1-2H3,(H,26,29)(H2,25,27,28). The van der Waals surface area contributed by atoms with Gasteiger partial charge < -0.3 is 24.9 Å². The fraction of sp³-hybridized carbons (Fsp3) is 0.417.